The highest BCUT2D eigenvalue weighted by atomic mass is 79.9. The summed E-state index contributed by atoms with van der Waals surface area (Å²) in [6, 6.07) is 12.9. The van der Waals surface area contributed by atoms with Crippen molar-refractivity contribution in [2.45, 2.75) is 31.3 Å². The number of hydrogen-bond acceptors (Lipinski definition) is 4. The van der Waals surface area contributed by atoms with Crippen molar-refractivity contribution in [2.24, 2.45) is 0 Å². The van der Waals surface area contributed by atoms with Gasteiger partial charge in [0.2, 0.25) is 0 Å². The lowest BCUT2D eigenvalue weighted by atomic mass is 9.91. The van der Waals surface area contributed by atoms with Crippen LogP contribution in [0.15, 0.2) is 46.9 Å². The van der Waals surface area contributed by atoms with Gasteiger partial charge in [0.05, 0.1) is 20.3 Å². The van der Waals surface area contributed by atoms with Crippen molar-refractivity contribution in [1.82, 2.24) is 4.90 Å². The maximum Gasteiger partial charge on any atom is 0.320 e. The highest BCUT2D eigenvalue weighted by molar-refractivity contribution is 9.10. The zero-order valence-electron chi connectivity index (χ0n) is 15.5. The van der Waals surface area contributed by atoms with E-state index >= 15 is 0 Å². The van der Waals surface area contributed by atoms with Gasteiger partial charge in [0, 0.05) is 10.0 Å². The Labute approximate surface area is 168 Å². The molecule has 1 saturated heterocycles. The Hall–Kier alpha value is -2.05. The van der Waals surface area contributed by atoms with Gasteiger partial charge in [0.25, 0.3) is 0 Å². The zero-order chi connectivity index (χ0) is 19.4. The molecule has 5 nitrogen and oxygen atoms in total. The van der Waals surface area contributed by atoms with Crippen LogP contribution in [-0.2, 0) is 4.79 Å². The van der Waals surface area contributed by atoms with Gasteiger partial charge in [0.15, 0.2) is 11.5 Å². The largest absolute Gasteiger partial charge is 0.493 e. The summed E-state index contributed by atoms with van der Waals surface area (Å²) in [6.07, 6.45) is 2.53. The van der Waals surface area contributed by atoms with Gasteiger partial charge in [-0.05, 0) is 37.1 Å². The van der Waals surface area contributed by atoms with Crippen LogP contribution in [0.1, 0.15) is 36.4 Å². The van der Waals surface area contributed by atoms with E-state index in [9.17, 15) is 9.90 Å². The summed E-state index contributed by atoms with van der Waals surface area (Å²) in [5, 5.41) is 9.84. The molecule has 1 aliphatic heterocycles. The van der Waals surface area contributed by atoms with E-state index in [0.29, 0.717) is 24.5 Å². The van der Waals surface area contributed by atoms with Crippen molar-refractivity contribution in [3.63, 3.8) is 0 Å². The Kier molecular flexibility index (Phi) is 6.39. The lowest BCUT2D eigenvalue weighted by molar-refractivity contribution is -0.145. The highest BCUT2D eigenvalue weighted by Crippen LogP contribution is 2.43. The van der Waals surface area contributed by atoms with E-state index < -0.39 is 12.0 Å². The molecule has 3 rings (SSSR count). The molecule has 27 heavy (non-hydrogen) atoms. The number of hydrogen-bond donors (Lipinski definition) is 1. The van der Waals surface area contributed by atoms with E-state index in [4.69, 9.17) is 9.47 Å². The van der Waals surface area contributed by atoms with Gasteiger partial charge in [-0.15, -0.1) is 0 Å². The Morgan fingerprint density at radius 1 is 1.11 bits per heavy atom. The van der Waals surface area contributed by atoms with Crippen LogP contribution in [0.4, 0.5) is 0 Å². The number of para-hydroxylation sites is 1. The molecule has 2 aromatic carbocycles. The average Bonchev–Trinajstić information content (AvgIpc) is 2.69. The van der Waals surface area contributed by atoms with E-state index in [-0.39, 0.29) is 6.04 Å². The molecule has 0 bridgehead atoms. The molecule has 2 unspecified atom stereocenters. The summed E-state index contributed by atoms with van der Waals surface area (Å²) in [7, 11) is 3.22. The molecule has 1 heterocycles. The fourth-order valence-electron chi connectivity index (χ4n) is 3.88. The Bertz CT molecular complexity index is 811. The summed E-state index contributed by atoms with van der Waals surface area (Å²) >= 11 is 3.65. The predicted octanol–water partition coefficient (Wildman–Crippen LogP) is 4.49. The number of carboxylic acid groups (broad SMARTS) is 1. The number of likely N-dealkylation sites (tertiary alicyclic amines) is 1. The van der Waals surface area contributed by atoms with Crippen LogP contribution in [0, 0.1) is 0 Å². The summed E-state index contributed by atoms with van der Waals surface area (Å²) < 4.78 is 12.1. The molecule has 0 saturated carbocycles. The van der Waals surface area contributed by atoms with Gasteiger partial charge >= 0.3 is 5.97 Å². The minimum atomic E-state index is -0.784. The maximum absolute atomic E-state index is 12.0. The molecule has 0 aromatic heterocycles. The second-order valence-electron chi connectivity index (χ2n) is 6.59. The lowest BCUT2D eigenvalue weighted by Crippen LogP contribution is -2.47. The SMILES string of the molecule is COc1cccc(C(c2ccccc2Br)N2CCCCC2C(=O)O)c1OC. The van der Waals surface area contributed by atoms with Gasteiger partial charge < -0.3 is 14.6 Å². The number of rotatable bonds is 6. The molecule has 144 valence electrons. The molecule has 0 aliphatic carbocycles. The molecular weight excluding hydrogens is 410 g/mol. The third-order valence-electron chi connectivity index (χ3n) is 5.09. The minimum absolute atomic E-state index is 0.257. The number of methoxy groups -OCH3 is 2. The van der Waals surface area contributed by atoms with Crippen LogP contribution in [0.3, 0.4) is 0 Å². The first-order valence-corrected chi connectivity index (χ1v) is 9.81. The fourth-order valence-corrected chi connectivity index (χ4v) is 4.38. The average molecular weight is 434 g/mol. The minimum Gasteiger partial charge on any atom is -0.493 e. The summed E-state index contributed by atoms with van der Waals surface area (Å²) in [5.41, 5.74) is 1.91. The molecule has 1 aliphatic rings. The first-order chi connectivity index (χ1) is 13.1. The molecular formula is C21H24BrNO4. The van der Waals surface area contributed by atoms with Gasteiger partial charge in [0.1, 0.15) is 6.04 Å². The number of carbonyl (C=O) groups is 1. The molecule has 0 amide bonds. The van der Waals surface area contributed by atoms with E-state index in [1.807, 2.05) is 42.5 Å². The van der Waals surface area contributed by atoms with E-state index in [0.717, 1.165) is 28.4 Å². The number of halogens is 1. The van der Waals surface area contributed by atoms with Crippen molar-refractivity contribution >= 4 is 21.9 Å². The zero-order valence-corrected chi connectivity index (χ0v) is 17.1. The second kappa shape index (κ2) is 8.76. The van der Waals surface area contributed by atoms with Crippen molar-refractivity contribution in [2.75, 3.05) is 20.8 Å². The van der Waals surface area contributed by atoms with Crippen LogP contribution >= 0.6 is 15.9 Å². The Balaban J connectivity index is 2.20. The third kappa shape index (κ3) is 3.96. The van der Waals surface area contributed by atoms with E-state index in [1.54, 1.807) is 14.2 Å². The molecule has 2 aromatic rings. The van der Waals surface area contributed by atoms with Gasteiger partial charge in [-0.2, -0.15) is 0 Å². The Morgan fingerprint density at radius 2 is 1.85 bits per heavy atom. The monoisotopic (exact) mass is 433 g/mol. The van der Waals surface area contributed by atoms with Crippen LogP contribution in [0.2, 0.25) is 0 Å². The standard InChI is InChI=1S/C21H24BrNO4/c1-26-18-12-7-9-15(20(18)27-2)19(14-8-3-4-10-16(14)22)23-13-6-5-11-17(23)21(24)25/h3-4,7-10,12,17,19H,5-6,11,13H2,1-2H3,(H,24,25). The molecule has 6 heteroatoms. The van der Waals surface area contributed by atoms with Crippen LogP contribution in [0.25, 0.3) is 0 Å². The number of carboxylic acids is 1. The Morgan fingerprint density at radius 3 is 2.52 bits per heavy atom. The number of aliphatic carboxylic acids is 1. The van der Waals surface area contributed by atoms with E-state index in [1.165, 1.54) is 0 Å². The second-order valence-corrected chi connectivity index (χ2v) is 7.45. The maximum atomic E-state index is 12.0. The third-order valence-corrected chi connectivity index (χ3v) is 5.81. The van der Waals surface area contributed by atoms with Crippen molar-refractivity contribution in [3.8, 4) is 11.5 Å². The van der Waals surface area contributed by atoms with Crippen molar-refractivity contribution in [3.05, 3.63) is 58.1 Å². The summed E-state index contributed by atoms with van der Waals surface area (Å²) in [4.78, 5) is 14.1. The summed E-state index contributed by atoms with van der Waals surface area (Å²) in [6.45, 7) is 0.712. The fraction of sp³-hybridized carbons (Fsp3) is 0.381. The highest BCUT2D eigenvalue weighted by Gasteiger charge is 2.37. The van der Waals surface area contributed by atoms with Gasteiger partial charge in [-0.25, -0.2) is 0 Å². The number of ether oxygens (including phenoxy) is 2. The molecule has 2 atom stereocenters. The predicted molar refractivity (Wildman–Crippen MR) is 108 cm³/mol. The van der Waals surface area contributed by atoms with Crippen LogP contribution in [-0.4, -0.2) is 42.8 Å². The number of piperidine rings is 1. The lowest BCUT2D eigenvalue weighted by Gasteiger charge is -2.40. The molecule has 1 N–H and O–H groups in total. The number of benzene rings is 2. The smallest absolute Gasteiger partial charge is 0.320 e. The van der Waals surface area contributed by atoms with Crippen LogP contribution < -0.4 is 9.47 Å². The molecule has 0 radical (unpaired) electrons. The first kappa shape index (κ1) is 19.7. The van der Waals surface area contributed by atoms with Crippen molar-refractivity contribution in [1.29, 1.82) is 0 Å². The molecule has 0 spiro atoms. The molecule has 1 fully saturated rings. The van der Waals surface area contributed by atoms with Gasteiger partial charge in [-0.1, -0.05) is 52.7 Å². The normalized spacial score (nSPS) is 18.7. The first-order valence-electron chi connectivity index (χ1n) is 9.02. The van der Waals surface area contributed by atoms with Crippen LogP contribution in [0.5, 0.6) is 11.5 Å². The van der Waals surface area contributed by atoms with Gasteiger partial charge in [-0.3, -0.25) is 9.69 Å². The topological polar surface area (TPSA) is 59.0 Å². The quantitative estimate of drug-likeness (QED) is 0.726. The van der Waals surface area contributed by atoms with E-state index in [2.05, 4.69) is 20.8 Å². The van der Waals surface area contributed by atoms with Crippen molar-refractivity contribution < 1.29 is 19.4 Å². The summed E-state index contributed by atoms with van der Waals surface area (Å²) in [5.74, 6) is 0.486. The number of nitrogens with zero attached hydrogens (tertiary/aromatic N) is 1.